The molecule has 1 saturated heterocycles. The molecule has 5 atom stereocenters. The van der Waals surface area contributed by atoms with Crippen molar-refractivity contribution in [3.8, 4) is 0 Å². The summed E-state index contributed by atoms with van der Waals surface area (Å²) < 4.78 is 33.4. The van der Waals surface area contributed by atoms with Crippen molar-refractivity contribution < 1.29 is 23.7 Å². The lowest BCUT2D eigenvalue weighted by molar-refractivity contribution is -0.128. The van der Waals surface area contributed by atoms with Gasteiger partial charge in [-0.3, -0.25) is 4.57 Å². The number of aliphatic hydroxyl groups is 2. The fraction of sp³-hybridized carbons (Fsp3) is 0.636. The Balaban J connectivity index is 2.47. The SMILES string of the molecule is CC(Cl)[C@]1(CO)O[C@@H](n2cc(F)c(N)nc2=O)[C@@H](F)[C@@H]1O. The third-order valence-electron chi connectivity index (χ3n) is 3.54. The van der Waals surface area contributed by atoms with Crippen LogP contribution in [-0.4, -0.2) is 49.6 Å². The van der Waals surface area contributed by atoms with Gasteiger partial charge in [0.1, 0.15) is 11.7 Å². The smallest absolute Gasteiger partial charge is 0.351 e. The Morgan fingerprint density at radius 3 is 2.81 bits per heavy atom. The van der Waals surface area contributed by atoms with E-state index in [1.165, 1.54) is 6.92 Å². The Morgan fingerprint density at radius 1 is 1.71 bits per heavy atom. The van der Waals surface area contributed by atoms with Crippen LogP contribution in [0.15, 0.2) is 11.0 Å². The number of nitrogens with zero attached hydrogens (tertiary/aromatic N) is 2. The van der Waals surface area contributed by atoms with Gasteiger partial charge < -0.3 is 20.7 Å². The number of nitrogens with two attached hydrogens (primary N) is 1. The maximum absolute atomic E-state index is 14.2. The molecule has 21 heavy (non-hydrogen) atoms. The summed E-state index contributed by atoms with van der Waals surface area (Å²) >= 11 is 5.84. The van der Waals surface area contributed by atoms with Crippen LogP contribution in [0.1, 0.15) is 13.2 Å². The van der Waals surface area contributed by atoms with Crippen molar-refractivity contribution in [3.05, 3.63) is 22.5 Å². The highest BCUT2D eigenvalue weighted by Crippen LogP contribution is 2.42. The number of aliphatic hydroxyl groups excluding tert-OH is 2. The largest absolute Gasteiger partial charge is 0.393 e. The lowest BCUT2D eigenvalue weighted by Gasteiger charge is -2.32. The third-order valence-corrected chi connectivity index (χ3v) is 3.91. The van der Waals surface area contributed by atoms with Gasteiger partial charge in [-0.1, -0.05) is 0 Å². The average molecular weight is 326 g/mol. The highest BCUT2D eigenvalue weighted by molar-refractivity contribution is 6.21. The summed E-state index contributed by atoms with van der Waals surface area (Å²) in [5, 5.41) is 18.3. The van der Waals surface area contributed by atoms with Gasteiger partial charge in [0, 0.05) is 0 Å². The average Bonchev–Trinajstić information content (AvgIpc) is 2.68. The van der Waals surface area contributed by atoms with Crippen LogP contribution in [0.3, 0.4) is 0 Å². The van der Waals surface area contributed by atoms with Crippen LogP contribution < -0.4 is 11.4 Å². The number of nitrogen functional groups attached to an aromatic ring is 1. The zero-order valence-corrected chi connectivity index (χ0v) is 11.7. The molecule has 1 fully saturated rings. The number of rotatable bonds is 3. The standard InChI is InChI=1S/C11H14ClF2N3O4/c1-4(12)11(3-18)7(19)6(14)9(21-11)17-2-5(13)8(15)16-10(17)20/h2,4,6-7,9,18-19H,3H2,1H3,(H2,15,16,20)/t4?,6-,7-,9+,11-/m0/s1. The molecule has 0 aliphatic carbocycles. The molecular formula is C11H14ClF2N3O4. The highest BCUT2D eigenvalue weighted by Gasteiger charge is 2.58. The zero-order valence-electron chi connectivity index (χ0n) is 10.9. The molecule has 10 heteroatoms. The minimum absolute atomic E-state index is 0.524. The topological polar surface area (TPSA) is 111 Å². The first-order valence-corrected chi connectivity index (χ1v) is 6.47. The minimum Gasteiger partial charge on any atom is -0.393 e. The van der Waals surface area contributed by atoms with E-state index in [9.17, 15) is 23.8 Å². The van der Waals surface area contributed by atoms with Crippen LogP contribution in [0.2, 0.25) is 0 Å². The maximum Gasteiger partial charge on any atom is 0.351 e. The van der Waals surface area contributed by atoms with E-state index in [-0.39, 0.29) is 0 Å². The molecule has 0 saturated carbocycles. The predicted octanol–water partition coefficient (Wildman–Crippen LogP) is -0.449. The molecule has 1 aromatic rings. The van der Waals surface area contributed by atoms with Gasteiger partial charge in [-0.2, -0.15) is 4.98 Å². The van der Waals surface area contributed by atoms with Crippen LogP contribution in [0.4, 0.5) is 14.6 Å². The molecule has 0 bridgehead atoms. The first-order chi connectivity index (χ1) is 9.74. The Hall–Kier alpha value is -1.29. The molecule has 1 aliphatic heterocycles. The van der Waals surface area contributed by atoms with Crippen molar-refractivity contribution >= 4 is 17.4 Å². The van der Waals surface area contributed by atoms with Crippen molar-refractivity contribution in [3.63, 3.8) is 0 Å². The molecule has 1 aliphatic rings. The van der Waals surface area contributed by atoms with E-state index in [1.54, 1.807) is 0 Å². The molecule has 0 amide bonds. The molecule has 7 nitrogen and oxygen atoms in total. The van der Waals surface area contributed by atoms with Gasteiger partial charge in [0.05, 0.1) is 18.2 Å². The second-order valence-corrected chi connectivity index (χ2v) is 5.45. The summed E-state index contributed by atoms with van der Waals surface area (Å²) in [7, 11) is 0. The van der Waals surface area contributed by atoms with Crippen LogP contribution in [-0.2, 0) is 4.74 Å². The summed E-state index contributed by atoms with van der Waals surface area (Å²) in [6.07, 6.45) is -4.96. The van der Waals surface area contributed by atoms with Gasteiger partial charge >= 0.3 is 5.69 Å². The van der Waals surface area contributed by atoms with Crippen molar-refractivity contribution in [2.24, 2.45) is 0 Å². The molecule has 1 unspecified atom stereocenters. The van der Waals surface area contributed by atoms with Crippen LogP contribution in [0.25, 0.3) is 0 Å². The molecular weight excluding hydrogens is 312 g/mol. The van der Waals surface area contributed by atoms with E-state index < -0.39 is 53.4 Å². The molecule has 2 heterocycles. The van der Waals surface area contributed by atoms with Gasteiger partial charge in [-0.15, -0.1) is 11.6 Å². The van der Waals surface area contributed by atoms with E-state index >= 15 is 0 Å². The van der Waals surface area contributed by atoms with E-state index in [4.69, 9.17) is 22.1 Å². The lowest BCUT2D eigenvalue weighted by atomic mass is 9.93. The summed E-state index contributed by atoms with van der Waals surface area (Å²) in [6.45, 7) is 0.607. The van der Waals surface area contributed by atoms with Crippen molar-refractivity contribution in [1.29, 1.82) is 0 Å². The number of aromatic nitrogens is 2. The fourth-order valence-corrected chi connectivity index (χ4v) is 2.47. The quantitative estimate of drug-likeness (QED) is 0.649. The van der Waals surface area contributed by atoms with Gasteiger partial charge in [0.25, 0.3) is 0 Å². The normalized spacial score (nSPS) is 34.1. The number of anilines is 1. The molecule has 118 valence electrons. The van der Waals surface area contributed by atoms with Gasteiger partial charge in [0.2, 0.25) is 0 Å². The van der Waals surface area contributed by atoms with Gasteiger partial charge in [-0.05, 0) is 6.92 Å². The minimum atomic E-state index is -2.11. The summed E-state index contributed by atoms with van der Waals surface area (Å²) in [5.41, 5.74) is 2.27. The summed E-state index contributed by atoms with van der Waals surface area (Å²) in [5.74, 6) is -1.68. The van der Waals surface area contributed by atoms with Crippen molar-refractivity contribution in [2.45, 2.75) is 36.4 Å². The number of halogens is 3. The summed E-state index contributed by atoms with van der Waals surface area (Å²) in [6, 6.07) is 0. The molecule has 0 spiro atoms. The molecule has 4 N–H and O–H groups in total. The molecule has 2 rings (SSSR count). The molecule has 0 aromatic carbocycles. The second kappa shape index (κ2) is 5.48. The Labute approximate surface area is 122 Å². The predicted molar refractivity (Wildman–Crippen MR) is 69.0 cm³/mol. The van der Waals surface area contributed by atoms with E-state index in [0.29, 0.717) is 10.8 Å². The van der Waals surface area contributed by atoms with Crippen LogP contribution in [0.5, 0.6) is 0 Å². The van der Waals surface area contributed by atoms with E-state index in [0.717, 1.165) is 0 Å². The monoisotopic (exact) mass is 325 g/mol. The summed E-state index contributed by atoms with van der Waals surface area (Å²) in [4.78, 5) is 14.9. The number of alkyl halides is 2. The Morgan fingerprint density at radius 2 is 2.33 bits per heavy atom. The van der Waals surface area contributed by atoms with Crippen LogP contribution in [0, 0.1) is 5.82 Å². The highest BCUT2D eigenvalue weighted by atomic mass is 35.5. The van der Waals surface area contributed by atoms with Crippen molar-refractivity contribution in [2.75, 3.05) is 12.3 Å². The first kappa shape index (κ1) is 16.1. The third kappa shape index (κ3) is 2.39. The van der Waals surface area contributed by atoms with Crippen LogP contribution >= 0.6 is 11.6 Å². The second-order valence-electron chi connectivity index (χ2n) is 4.79. The Bertz CT molecular complexity index is 599. The lowest BCUT2D eigenvalue weighted by Crippen LogP contribution is -2.51. The van der Waals surface area contributed by atoms with E-state index in [2.05, 4.69) is 4.98 Å². The maximum atomic E-state index is 14.2. The first-order valence-electron chi connectivity index (χ1n) is 6.03. The Kier molecular flexibility index (Phi) is 4.20. The van der Waals surface area contributed by atoms with Gasteiger partial charge in [0.15, 0.2) is 24.0 Å². The number of ether oxygens (including phenoxy) is 1. The van der Waals surface area contributed by atoms with Gasteiger partial charge in [-0.25, -0.2) is 13.6 Å². The number of hydrogen-bond acceptors (Lipinski definition) is 6. The number of hydrogen-bond donors (Lipinski definition) is 3. The van der Waals surface area contributed by atoms with Crippen molar-refractivity contribution in [1.82, 2.24) is 9.55 Å². The fourth-order valence-electron chi connectivity index (χ4n) is 2.22. The molecule has 1 aromatic heterocycles. The molecule has 0 radical (unpaired) electrons. The zero-order chi connectivity index (χ0) is 15.9. The van der Waals surface area contributed by atoms with E-state index in [1.807, 2.05) is 0 Å².